The van der Waals surface area contributed by atoms with Gasteiger partial charge in [-0.15, -0.1) is 0 Å². The quantitative estimate of drug-likeness (QED) is 0.0637. The molecule has 4 amide bonds. The van der Waals surface area contributed by atoms with Crippen LogP contribution in [0.4, 0.5) is 0 Å². The lowest BCUT2D eigenvalue weighted by Gasteiger charge is -2.27. The van der Waals surface area contributed by atoms with Gasteiger partial charge >= 0.3 is 5.97 Å². The zero-order chi connectivity index (χ0) is 26.4. The van der Waals surface area contributed by atoms with Crippen molar-refractivity contribution in [2.24, 2.45) is 33.8 Å². The van der Waals surface area contributed by atoms with Crippen LogP contribution in [0.3, 0.4) is 0 Å². The number of amides is 4. The highest BCUT2D eigenvalue weighted by atomic mass is 16.4. The van der Waals surface area contributed by atoms with Gasteiger partial charge in [-0.05, 0) is 32.1 Å². The van der Waals surface area contributed by atoms with Crippen molar-refractivity contribution in [2.75, 3.05) is 6.54 Å². The first kappa shape index (κ1) is 30.6. The van der Waals surface area contributed by atoms with Crippen molar-refractivity contribution in [2.45, 2.75) is 77.0 Å². The molecule has 5 unspecified atom stereocenters. The van der Waals surface area contributed by atoms with Crippen LogP contribution in [-0.4, -0.2) is 71.4 Å². The van der Waals surface area contributed by atoms with Gasteiger partial charge in [0.05, 0.1) is 6.04 Å². The molecule has 0 aliphatic heterocycles. The fourth-order valence-electron chi connectivity index (χ4n) is 2.80. The predicted octanol–water partition coefficient (Wildman–Crippen LogP) is -2.76. The highest BCUT2D eigenvalue weighted by Crippen LogP contribution is 2.10. The van der Waals surface area contributed by atoms with Gasteiger partial charge in [0.2, 0.25) is 23.6 Å². The molecule has 0 fully saturated rings. The maximum absolute atomic E-state index is 13.0. The van der Waals surface area contributed by atoms with Crippen molar-refractivity contribution < 1.29 is 29.1 Å². The Balaban J connectivity index is 5.50. The molecule has 0 aliphatic carbocycles. The Morgan fingerprint density at radius 1 is 0.912 bits per heavy atom. The molecule has 0 aromatic heterocycles. The molecule has 0 heterocycles. The second kappa shape index (κ2) is 15.4. The number of aliphatic imine (C=N–C) groups is 1. The van der Waals surface area contributed by atoms with Crippen molar-refractivity contribution in [3.05, 3.63) is 0 Å². The molecular weight excluding hydrogens is 448 g/mol. The third-order valence-electron chi connectivity index (χ3n) is 5.14. The summed E-state index contributed by atoms with van der Waals surface area (Å²) in [7, 11) is 0. The minimum atomic E-state index is -1.22. The molecule has 0 saturated carbocycles. The largest absolute Gasteiger partial charge is 0.480 e. The van der Waals surface area contributed by atoms with E-state index in [2.05, 4.69) is 20.9 Å². The van der Waals surface area contributed by atoms with E-state index in [-0.39, 0.29) is 37.7 Å². The SMILES string of the molecule is CCC(C)C(NC(=O)C(CCCN=C(N)N)NC(=O)C(N)CCC(N)=O)C(=O)NC(C)C(=O)O. The molecule has 0 aliphatic rings. The van der Waals surface area contributed by atoms with Crippen molar-refractivity contribution >= 4 is 35.6 Å². The van der Waals surface area contributed by atoms with Crippen molar-refractivity contribution in [3.63, 3.8) is 0 Å². The van der Waals surface area contributed by atoms with Crippen molar-refractivity contribution in [3.8, 4) is 0 Å². The number of nitrogens with one attached hydrogen (secondary N) is 3. The second-order valence-corrected chi connectivity index (χ2v) is 8.06. The number of carbonyl (C=O) groups is 5. The van der Waals surface area contributed by atoms with Crippen LogP contribution < -0.4 is 38.9 Å². The minimum Gasteiger partial charge on any atom is -0.480 e. The Labute approximate surface area is 198 Å². The van der Waals surface area contributed by atoms with E-state index >= 15 is 0 Å². The molecule has 194 valence electrons. The molecule has 0 rings (SSSR count). The number of aliphatic carboxylic acids is 1. The lowest BCUT2D eigenvalue weighted by Crippen LogP contribution is -2.58. The van der Waals surface area contributed by atoms with E-state index in [1.807, 2.05) is 6.92 Å². The van der Waals surface area contributed by atoms with Crippen LogP contribution in [0.15, 0.2) is 4.99 Å². The predicted molar refractivity (Wildman–Crippen MR) is 125 cm³/mol. The van der Waals surface area contributed by atoms with Gasteiger partial charge in [0.25, 0.3) is 0 Å². The fourth-order valence-corrected chi connectivity index (χ4v) is 2.80. The van der Waals surface area contributed by atoms with E-state index in [0.29, 0.717) is 12.8 Å². The van der Waals surface area contributed by atoms with Gasteiger partial charge in [0, 0.05) is 13.0 Å². The lowest BCUT2D eigenvalue weighted by molar-refractivity contribution is -0.142. The summed E-state index contributed by atoms with van der Waals surface area (Å²) in [6.45, 7) is 5.03. The lowest BCUT2D eigenvalue weighted by atomic mass is 9.97. The van der Waals surface area contributed by atoms with Crippen LogP contribution in [0.2, 0.25) is 0 Å². The van der Waals surface area contributed by atoms with Crippen LogP contribution >= 0.6 is 0 Å². The van der Waals surface area contributed by atoms with E-state index in [9.17, 15) is 24.0 Å². The number of carboxylic acid groups (broad SMARTS) is 1. The van der Waals surface area contributed by atoms with Gasteiger partial charge in [-0.1, -0.05) is 20.3 Å². The monoisotopic (exact) mass is 486 g/mol. The molecule has 0 bridgehead atoms. The van der Waals surface area contributed by atoms with Gasteiger partial charge < -0.3 is 44.0 Å². The Morgan fingerprint density at radius 2 is 1.53 bits per heavy atom. The summed E-state index contributed by atoms with van der Waals surface area (Å²) in [5.74, 6) is -4.30. The third kappa shape index (κ3) is 12.0. The van der Waals surface area contributed by atoms with E-state index in [0.717, 1.165) is 0 Å². The molecule has 0 saturated heterocycles. The van der Waals surface area contributed by atoms with Crippen LogP contribution in [0.1, 0.15) is 52.9 Å². The number of primary amides is 1. The Morgan fingerprint density at radius 3 is 2.03 bits per heavy atom. The van der Waals surface area contributed by atoms with Gasteiger partial charge in [-0.3, -0.25) is 29.0 Å². The highest BCUT2D eigenvalue weighted by Gasteiger charge is 2.31. The molecule has 0 aromatic rings. The van der Waals surface area contributed by atoms with Crippen LogP contribution in [0.25, 0.3) is 0 Å². The fraction of sp³-hybridized carbons (Fsp3) is 0.700. The molecule has 0 spiro atoms. The summed E-state index contributed by atoms with van der Waals surface area (Å²) in [6, 6.07) is -4.36. The summed E-state index contributed by atoms with van der Waals surface area (Å²) in [5.41, 5.74) is 21.4. The summed E-state index contributed by atoms with van der Waals surface area (Å²) in [4.78, 5) is 64.0. The molecular formula is C20H38N8O6. The molecule has 0 radical (unpaired) electrons. The number of hydrogen-bond donors (Lipinski definition) is 8. The number of carbonyl (C=O) groups excluding carboxylic acids is 4. The maximum atomic E-state index is 13.0. The second-order valence-electron chi connectivity index (χ2n) is 8.06. The molecule has 12 N–H and O–H groups in total. The Hall–Kier alpha value is -3.42. The standard InChI is InChI=1S/C20H38N8O6/c1-4-10(2)15(18(32)26-11(3)19(33)34)28-17(31)13(6-5-9-25-20(23)24)27-16(30)12(21)7-8-14(22)29/h10-13,15H,4-9,21H2,1-3H3,(H2,22,29)(H,26,32)(H,27,30)(H,28,31)(H,33,34)(H4,23,24,25). The first-order valence-electron chi connectivity index (χ1n) is 11.0. The Bertz CT molecular complexity index is 755. The summed E-state index contributed by atoms with van der Waals surface area (Å²) < 4.78 is 0. The maximum Gasteiger partial charge on any atom is 0.325 e. The Kier molecular flexibility index (Phi) is 13.9. The average Bonchev–Trinajstić information content (AvgIpc) is 2.76. The number of hydrogen-bond acceptors (Lipinski definition) is 7. The molecule has 14 heteroatoms. The summed E-state index contributed by atoms with van der Waals surface area (Å²) in [6.07, 6.45) is 0.849. The van der Waals surface area contributed by atoms with Crippen molar-refractivity contribution in [1.82, 2.24) is 16.0 Å². The van der Waals surface area contributed by atoms with E-state index in [4.69, 9.17) is 28.0 Å². The topological polar surface area (TPSA) is 258 Å². The number of rotatable bonds is 16. The van der Waals surface area contributed by atoms with E-state index in [1.54, 1.807) is 6.92 Å². The molecule has 0 aromatic carbocycles. The number of carboxylic acids is 1. The van der Waals surface area contributed by atoms with Gasteiger partial charge in [-0.25, -0.2) is 0 Å². The van der Waals surface area contributed by atoms with Crippen LogP contribution in [0, 0.1) is 5.92 Å². The number of nitrogens with two attached hydrogens (primary N) is 4. The minimum absolute atomic E-state index is 0.00547. The van der Waals surface area contributed by atoms with Crippen LogP contribution in [-0.2, 0) is 24.0 Å². The summed E-state index contributed by atoms with van der Waals surface area (Å²) in [5, 5.41) is 16.5. The third-order valence-corrected chi connectivity index (χ3v) is 5.14. The number of nitrogens with zero attached hydrogens (tertiary/aromatic N) is 1. The number of guanidine groups is 1. The van der Waals surface area contributed by atoms with Gasteiger partial charge in [0.1, 0.15) is 18.1 Å². The van der Waals surface area contributed by atoms with E-state index < -0.39 is 53.8 Å². The summed E-state index contributed by atoms with van der Waals surface area (Å²) >= 11 is 0. The molecule has 34 heavy (non-hydrogen) atoms. The van der Waals surface area contributed by atoms with Crippen LogP contribution in [0.5, 0.6) is 0 Å². The normalized spacial score (nSPS) is 15.1. The average molecular weight is 487 g/mol. The van der Waals surface area contributed by atoms with E-state index in [1.165, 1.54) is 6.92 Å². The first-order chi connectivity index (χ1) is 15.8. The molecule has 5 atom stereocenters. The van der Waals surface area contributed by atoms with Gasteiger partial charge in [0.15, 0.2) is 5.96 Å². The highest BCUT2D eigenvalue weighted by molar-refractivity contribution is 5.94. The molecule has 14 nitrogen and oxygen atoms in total. The first-order valence-corrected chi connectivity index (χ1v) is 11.0. The van der Waals surface area contributed by atoms with Gasteiger partial charge in [-0.2, -0.15) is 0 Å². The smallest absolute Gasteiger partial charge is 0.325 e. The zero-order valence-corrected chi connectivity index (χ0v) is 19.9. The zero-order valence-electron chi connectivity index (χ0n) is 19.9. The van der Waals surface area contributed by atoms with Crippen molar-refractivity contribution in [1.29, 1.82) is 0 Å².